The van der Waals surface area contributed by atoms with Crippen molar-refractivity contribution in [3.8, 4) is 0 Å². The summed E-state index contributed by atoms with van der Waals surface area (Å²) in [6.07, 6.45) is 1.08. The summed E-state index contributed by atoms with van der Waals surface area (Å²) >= 11 is 12.9. The van der Waals surface area contributed by atoms with Gasteiger partial charge in [0.25, 0.3) is 5.91 Å². The van der Waals surface area contributed by atoms with Crippen LogP contribution in [0.2, 0.25) is 10.0 Å². The Bertz CT molecular complexity index is 976. The van der Waals surface area contributed by atoms with Crippen LogP contribution >= 0.6 is 23.2 Å². The third-order valence-corrected chi connectivity index (χ3v) is 6.26. The topological polar surface area (TPSA) is 70.7 Å². The summed E-state index contributed by atoms with van der Waals surface area (Å²) in [5.74, 6) is -0.194. The molecule has 8 heteroatoms. The third-order valence-electron chi connectivity index (χ3n) is 5.69. The minimum atomic E-state index is -1.16. The number of likely N-dealkylation sites (tertiary alicyclic amines) is 1. The molecule has 1 saturated heterocycles. The highest BCUT2D eigenvalue weighted by Gasteiger charge is 2.50. The zero-order valence-corrected chi connectivity index (χ0v) is 18.1. The van der Waals surface area contributed by atoms with Gasteiger partial charge in [-0.25, -0.2) is 4.79 Å². The van der Waals surface area contributed by atoms with Gasteiger partial charge in [-0.05, 0) is 44.0 Å². The Morgan fingerprint density at radius 1 is 1.20 bits per heavy atom. The predicted molar refractivity (Wildman–Crippen MR) is 117 cm³/mol. The van der Waals surface area contributed by atoms with Crippen LogP contribution in [-0.4, -0.2) is 42.6 Å². The molecule has 2 N–H and O–H groups in total. The van der Waals surface area contributed by atoms with E-state index in [1.807, 2.05) is 18.2 Å². The molecule has 4 rings (SSSR count). The molecule has 0 aromatic heterocycles. The Hall–Kier alpha value is -2.28. The fraction of sp³-hybridized carbons (Fsp3) is 0.364. The Morgan fingerprint density at radius 2 is 1.93 bits per heavy atom. The number of amides is 2. The summed E-state index contributed by atoms with van der Waals surface area (Å²) in [6.45, 7) is 3.25. The molecule has 2 aromatic carbocycles. The van der Waals surface area contributed by atoms with E-state index in [1.165, 1.54) is 0 Å². The van der Waals surface area contributed by atoms with E-state index in [0.717, 1.165) is 5.56 Å². The zero-order chi connectivity index (χ0) is 21.3. The first-order chi connectivity index (χ1) is 14.5. The molecule has 1 fully saturated rings. The van der Waals surface area contributed by atoms with E-state index < -0.39 is 5.54 Å². The molecule has 2 aliphatic heterocycles. The molecule has 30 heavy (non-hydrogen) atoms. The van der Waals surface area contributed by atoms with Crippen LogP contribution < -0.4 is 10.6 Å². The first-order valence-corrected chi connectivity index (χ1v) is 10.8. The second kappa shape index (κ2) is 8.46. The van der Waals surface area contributed by atoms with Gasteiger partial charge in [-0.1, -0.05) is 41.4 Å². The van der Waals surface area contributed by atoms with Gasteiger partial charge in [0.1, 0.15) is 0 Å². The fourth-order valence-corrected chi connectivity index (χ4v) is 4.70. The van der Waals surface area contributed by atoms with E-state index in [2.05, 4.69) is 10.6 Å². The molecule has 2 amide bonds. The second-order valence-electron chi connectivity index (χ2n) is 7.48. The van der Waals surface area contributed by atoms with Crippen molar-refractivity contribution in [3.63, 3.8) is 0 Å². The van der Waals surface area contributed by atoms with Crippen molar-refractivity contribution in [1.29, 1.82) is 0 Å². The molecular weight excluding hydrogens is 425 g/mol. The standard InChI is InChI=1S/C22H23Cl2N3O3/c1-2-30-21(29)27-11-9-15(10-12-27)26-22(16-5-3-4-6-18(16)24)17-13-14(23)7-8-19(17)25-20(22)28/h3-8,13,15,26H,2,9-12H2,1H3,(H,25,28). The number of piperidine rings is 1. The van der Waals surface area contributed by atoms with Crippen LogP contribution in [0.4, 0.5) is 10.5 Å². The predicted octanol–water partition coefficient (Wildman–Crippen LogP) is 4.40. The van der Waals surface area contributed by atoms with E-state index in [-0.39, 0.29) is 18.0 Å². The molecule has 1 unspecified atom stereocenters. The molecule has 2 aliphatic rings. The van der Waals surface area contributed by atoms with Crippen molar-refractivity contribution < 1.29 is 14.3 Å². The number of anilines is 1. The van der Waals surface area contributed by atoms with Gasteiger partial charge < -0.3 is 15.0 Å². The first kappa shape index (κ1) is 21.0. The van der Waals surface area contributed by atoms with Gasteiger partial charge in [-0.15, -0.1) is 0 Å². The van der Waals surface area contributed by atoms with Crippen LogP contribution in [0.15, 0.2) is 42.5 Å². The van der Waals surface area contributed by atoms with Crippen LogP contribution in [0.1, 0.15) is 30.9 Å². The summed E-state index contributed by atoms with van der Waals surface area (Å²) < 4.78 is 5.10. The summed E-state index contributed by atoms with van der Waals surface area (Å²) in [5.41, 5.74) is 0.981. The molecule has 0 bridgehead atoms. The monoisotopic (exact) mass is 447 g/mol. The van der Waals surface area contributed by atoms with Crippen molar-refractivity contribution in [2.24, 2.45) is 0 Å². The van der Waals surface area contributed by atoms with Gasteiger partial charge in [0.05, 0.1) is 6.61 Å². The summed E-state index contributed by atoms with van der Waals surface area (Å²) in [6, 6.07) is 12.7. The Kier molecular flexibility index (Phi) is 5.91. The molecule has 2 aromatic rings. The first-order valence-electron chi connectivity index (χ1n) is 10.0. The lowest BCUT2D eigenvalue weighted by Gasteiger charge is -2.38. The second-order valence-corrected chi connectivity index (χ2v) is 8.32. The van der Waals surface area contributed by atoms with Crippen molar-refractivity contribution in [2.45, 2.75) is 31.3 Å². The molecule has 0 radical (unpaired) electrons. The van der Waals surface area contributed by atoms with Crippen LogP contribution in [0.3, 0.4) is 0 Å². The number of ether oxygens (including phenoxy) is 1. The lowest BCUT2D eigenvalue weighted by atomic mass is 9.82. The quantitative estimate of drug-likeness (QED) is 0.728. The molecule has 0 saturated carbocycles. The molecule has 2 heterocycles. The summed E-state index contributed by atoms with van der Waals surface area (Å²) in [5, 5.41) is 7.59. The van der Waals surface area contributed by atoms with E-state index in [0.29, 0.717) is 53.8 Å². The molecule has 0 spiro atoms. The number of carbonyl (C=O) groups is 2. The number of carbonyl (C=O) groups excluding carboxylic acids is 2. The van der Waals surface area contributed by atoms with Gasteiger partial charge in [0.2, 0.25) is 0 Å². The van der Waals surface area contributed by atoms with E-state index >= 15 is 0 Å². The van der Waals surface area contributed by atoms with Crippen molar-refractivity contribution in [2.75, 3.05) is 25.0 Å². The number of halogens is 2. The zero-order valence-electron chi connectivity index (χ0n) is 16.6. The van der Waals surface area contributed by atoms with Crippen LogP contribution in [0, 0.1) is 0 Å². The molecule has 158 valence electrons. The lowest BCUT2D eigenvalue weighted by Crippen LogP contribution is -2.56. The number of hydrogen-bond donors (Lipinski definition) is 2. The summed E-state index contributed by atoms with van der Waals surface area (Å²) in [4.78, 5) is 27.1. The maximum absolute atomic E-state index is 13.4. The summed E-state index contributed by atoms with van der Waals surface area (Å²) in [7, 11) is 0. The van der Waals surface area contributed by atoms with E-state index in [4.69, 9.17) is 27.9 Å². The van der Waals surface area contributed by atoms with Gasteiger partial charge in [-0.2, -0.15) is 0 Å². The van der Waals surface area contributed by atoms with Crippen LogP contribution in [0.5, 0.6) is 0 Å². The fourth-order valence-electron chi connectivity index (χ4n) is 4.26. The van der Waals surface area contributed by atoms with Gasteiger partial charge in [0.15, 0.2) is 5.54 Å². The average molecular weight is 448 g/mol. The van der Waals surface area contributed by atoms with E-state index in [9.17, 15) is 9.59 Å². The number of hydrogen-bond acceptors (Lipinski definition) is 4. The van der Waals surface area contributed by atoms with Crippen molar-refractivity contribution in [1.82, 2.24) is 10.2 Å². The van der Waals surface area contributed by atoms with Gasteiger partial charge >= 0.3 is 6.09 Å². The minimum Gasteiger partial charge on any atom is -0.450 e. The number of nitrogens with one attached hydrogen (secondary N) is 2. The highest BCUT2D eigenvalue weighted by atomic mass is 35.5. The normalized spacial score (nSPS) is 21.3. The lowest BCUT2D eigenvalue weighted by molar-refractivity contribution is -0.121. The molecular formula is C22H23Cl2N3O3. The van der Waals surface area contributed by atoms with Crippen LogP contribution in [-0.2, 0) is 15.1 Å². The highest BCUT2D eigenvalue weighted by molar-refractivity contribution is 6.32. The van der Waals surface area contributed by atoms with Crippen molar-refractivity contribution in [3.05, 3.63) is 63.6 Å². The number of nitrogens with zero attached hydrogens (tertiary/aromatic N) is 1. The van der Waals surface area contributed by atoms with Crippen molar-refractivity contribution >= 4 is 40.9 Å². The minimum absolute atomic E-state index is 0.00244. The Morgan fingerprint density at radius 3 is 2.63 bits per heavy atom. The third kappa shape index (κ3) is 3.64. The average Bonchev–Trinajstić information content (AvgIpc) is 3.00. The number of rotatable bonds is 4. The largest absolute Gasteiger partial charge is 0.450 e. The number of benzene rings is 2. The molecule has 0 aliphatic carbocycles. The van der Waals surface area contributed by atoms with E-state index in [1.54, 1.807) is 36.1 Å². The molecule has 1 atom stereocenters. The molecule has 6 nitrogen and oxygen atoms in total. The van der Waals surface area contributed by atoms with Gasteiger partial charge in [0, 0.05) is 46.0 Å². The van der Waals surface area contributed by atoms with Gasteiger partial charge in [-0.3, -0.25) is 10.1 Å². The maximum atomic E-state index is 13.4. The Labute approximate surface area is 185 Å². The Balaban J connectivity index is 1.68. The SMILES string of the molecule is CCOC(=O)N1CCC(NC2(c3ccccc3Cl)C(=O)Nc3ccc(Cl)cc32)CC1. The highest BCUT2D eigenvalue weighted by Crippen LogP contribution is 2.45. The smallest absolute Gasteiger partial charge is 0.409 e. The maximum Gasteiger partial charge on any atom is 0.409 e. The van der Waals surface area contributed by atoms with Crippen LogP contribution in [0.25, 0.3) is 0 Å². The number of fused-ring (bicyclic) bond motifs is 1.